The molecule has 1 amide bonds. The van der Waals surface area contributed by atoms with E-state index in [0.717, 1.165) is 11.1 Å². The normalized spacial score (nSPS) is 15.1. The third kappa shape index (κ3) is 5.15. The van der Waals surface area contributed by atoms with Gasteiger partial charge in [-0.25, -0.2) is 9.80 Å². The summed E-state index contributed by atoms with van der Waals surface area (Å²) in [6, 6.07) is 35.4. The van der Waals surface area contributed by atoms with Crippen molar-refractivity contribution in [3.05, 3.63) is 144 Å². The van der Waals surface area contributed by atoms with Crippen molar-refractivity contribution in [3.8, 4) is 5.75 Å². The predicted molar refractivity (Wildman–Crippen MR) is 141 cm³/mol. The number of nitrogens with zero attached hydrogens (tertiary/aromatic N) is 2. The molecule has 0 N–H and O–H groups in total. The van der Waals surface area contributed by atoms with Crippen molar-refractivity contribution >= 4 is 23.7 Å². The van der Waals surface area contributed by atoms with Crippen LogP contribution in [0.4, 0.5) is 0 Å². The molecule has 0 unspecified atom stereocenters. The summed E-state index contributed by atoms with van der Waals surface area (Å²) in [6.45, 7) is 0. The first-order valence-electron chi connectivity index (χ1n) is 11.7. The Hall–Kier alpha value is -4.77. The molecular formula is C31H24N2O3. The van der Waals surface area contributed by atoms with Crippen molar-refractivity contribution in [1.82, 2.24) is 5.01 Å². The van der Waals surface area contributed by atoms with Crippen molar-refractivity contribution < 1.29 is 14.3 Å². The number of para-hydroxylation sites is 1. The molecule has 1 aliphatic rings. The molecule has 0 saturated carbocycles. The van der Waals surface area contributed by atoms with Crippen LogP contribution in [0.5, 0.6) is 5.75 Å². The molecule has 1 aliphatic heterocycles. The Kier molecular flexibility index (Phi) is 6.81. The predicted octanol–water partition coefficient (Wildman–Crippen LogP) is 6.30. The van der Waals surface area contributed by atoms with E-state index in [9.17, 15) is 9.59 Å². The van der Waals surface area contributed by atoms with Gasteiger partial charge >= 0.3 is 5.97 Å². The molecule has 0 aliphatic carbocycles. The molecule has 5 nitrogen and oxygen atoms in total. The molecule has 0 aromatic heterocycles. The van der Waals surface area contributed by atoms with E-state index in [4.69, 9.17) is 9.84 Å². The van der Waals surface area contributed by atoms with Gasteiger partial charge < -0.3 is 4.74 Å². The second-order valence-corrected chi connectivity index (χ2v) is 8.36. The Morgan fingerprint density at radius 2 is 1.39 bits per heavy atom. The maximum atomic E-state index is 13.3. The summed E-state index contributed by atoms with van der Waals surface area (Å²) < 4.78 is 5.75. The Labute approximate surface area is 210 Å². The second-order valence-electron chi connectivity index (χ2n) is 8.36. The summed E-state index contributed by atoms with van der Waals surface area (Å²) in [5.41, 5.74) is 3.75. The first kappa shape index (κ1) is 23.0. The summed E-state index contributed by atoms with van der Waals surface area (Å²) in [6.07, 6.45) is 3.82. The number of carbonyl (C=O) groups excluding carboxylic acids is 2. The highest BCUT2D eigenvalue weighted by Gasteiger charge is 2.33. The molecule has 4 aromatic rings. The molecule has 176 valence electrons. The molecule has 0 fully saturated rings. The molecule has 5 heteroatoms. The van der Waals surface area contributed by atoms with E-state index < -0.39 is 5.97 Å². The zero-order valence-corrected chi connectivity index (χ0v) is 19.5. The van der Waals surface area contributed by atoms with Crippen LogP contribution in [0.2, 0.25) is 0 Å². The van der Waals surface area contributed by atoms with Gasteiger partial charge in [0.15, 0.2) is 0 Å². The van der Waals surface area contributed by atoms with Crippen LogP contribution < -0.4 is 4.74 Å². The van der Waals surface area contributed by atoms with Crippen molar-refractivity contribution in [3.63, 3.8) is 0 Å². The van der Waals surface area contributed by atoms with E-state index in [1.54, 1.807) is 42.5 Å². The van der Waals surface area contributed by atoms with Crippen LogP contribution in [-0.2, 0) is 4.79 Å². The van der Waals surface area contributed by atoms with E-state index in [1.165, 1.54) is 5.01 Å². The van der Waals surface area contributed by atoms with Crippen molar-refractivity contribution in [2.75, 3.05) is 0 Å². The monoisotopic (exact) mass is 472 g/mol. The zero-order valence-electron chi connectivity index (χ0n) is 19.5. The number of ether oxygens (including phenoxy) is 1. The zero-order chi connectivity index (χ0) is 24.7. The minimum Gasteiger partial charge on any atom is -0.422 e. The minimum atomic E-state index is -0.444. The molecule has 1 atom stereocenters. The Balaban J connectivity index is 1.46. The lowest BCUT2D eigenvalue weighted by Crippen LogP contribution is -2.25. The smallest absolute Gasteiger partial charge is 0.343 e. The summed E-state index contributed by atoms with van der Waals surface area (Å²) in [5.74, 6) is -0.257. The molecule has 0 spiro atoms. The third-order valence-electron chi connectivity index (χ3n) is 5.95. The van der Waals surface area contributed by atoms with Gasteiger partial charge in [-0.05, 0) is 41.5 Å². The lowest BCUT2D eigenvalue weighted by molar-refractivity contribution is -0.127. The first-order valence-corrected chi connectivity index (χ1v) is 11.7. The van der Waals surface area contributed by atoms with E-state index in [0.29, 0.717) is 29.0 Å². The largest absolute Gasteiger partial charge is 0.422 e. The average molecular weight is 473 g/mol. The van der Waals surface area contributed by atoms with Crippen LogP contribution in [0.25, 0.3) is 6.08 Å². The highest BCUT2D eigenvalue weighted by atomic mass is 16.5. The van der Waals surface area contributed by atoms with Crippen molar-refractivity contribution in [2.45, 2.75) is 12.5 Å². The maximum absolute atomic E-state index is 13.3. The number of amides is 1. The number of hydrogen-bond acceptors (Lipinski definition) is 4. The van der Waals surface area contributed by atoms with Gasteiger partial charge in [-0.2, -0.15) is 5.10 Å². The van der Waals surface area contributed by atoms with Crippen LogP contribution >= 0.6 is 0 Å². The molecule has 1 heterocycles. The van der Waals surface area contributed by atoms with E-state index >= 15 is 0 Å². The van der Waals surface area contributed by atoms with Crippen molar-refractivity contribution in [1.29, 1.82) is 0 Å². The quantitative estimate of drug-likeness (QED) is 0.188. The molecule has 36 heavy (non-hydrogen) atoms. The molecule has 5 rings (SSSR count). The van der Waals surface area contributed by atoms with Crippen LogP contribution in [-0.4, -0.2) is 22.6 Å². The molecule has 0 bridgehead atoms. The highest BCUT2D eigenvalue weighted by Crippen LogP contribution is 2.35. The molecule has 0 saturated heterocycles. The molecular weight excluding hydrogens is 448 g/mol. The Morgan fingerprint density at radius 3 is 2.11 bits per heavy atom. The van der Waals surface area contributed by atoms with E-state index in [1.807, 2.05) is 84.9 Å². The van der Waals surface area contributed by atoms with Gasteiger partial charge in [0.25, 0.3) is 5.91 Å². The number of benzene rings is 4. The Morgan fingerprint density at radius 1 is 0.778 bits per heavy atom. The van der Waals surface area contributed by atoms with Gasteiger partial charge in [-0.15, -0.1) is 0 Å². The first-order chi connectivity index (χ1) is 17.7. The third-order valence-corrected chi connectivity index (χ3v) is 5.95. The van der Waals surface area contributed by atoms with E-state index in [-0.39, 0.29) is 11.9 Å². The van der Waals surface area contributed by atoms with Crippen LogP contribution in [0, 0.1) is 0 Å². The van der Waals surface area contributed by atoms with Crippen LogP contribution in [0.15, 0.2) is 126 Å². The van der Waals surface area contributed by atoms with Crippen LogP contribution in [0.3, 0.4) is 0 Å². The summed E-state index contributed by atoms with van der Waals surface area (Å²) in [4.78, 5) is 26.0. The van der Waals surface area contributed by atoms with Gasteiger partial charge in [0, 0.05) is 18.1 Å². The SMILES string of the molecule is O=C(Oc1ccccc1C1=NN(C(=O)/C=C/c2ccccc2)[C@@H](c2ccccc2)C1)c1ccccc1. The molecule has 4 aromatic carbocycles. The summed E-state index contributed by atoms with van der Waals surface area (Å²) >= 11 is 0. The number of hydrazone groups is 1. The van der Waals surface area contributed by atoms with Crippen LogP contribution in [0.1, 0.15) is 39.5 Å². The number of esters is 1. The second kappa shape index (κ2) is 10.7. The van der Waals surface area contributed by atoms with Gasteiger partial charge in [-0.3, -0.25) is 4.79 Å². The van der Waals surface area contributed by atoms with Gasteiger partial charge in [0.2, 0.25) is 0 Å². The van der Waals surface area contributed by atoms with E-state index in [2.05, 4.69) is 0 Å². The topological polar surface area (TPSA) is 59.0 Å². The Bertz CT molecular complexity index is 1410. The van der Waals surface area contributed by atoms with Gasteiger partial charge in [0.1, 0.15) is 5.75 Å². The minimum absolute atomic E-state index is 0.221. The average Bonchev–Trinajstić information content (AvgIpc) is 3.39. The number of rotatable bonds is 6. The lowest BCUT2D eigenvalue weighted by atomic mass is 9.98. The fourth-order valence-corrected chi connectivity index (χ4v) is 4.15. The summed E-state index contributed by atoms with van der Waals surface area (Å²) in [5, 5.41) is 6.24. The maximum Gasteiger partial charge on any atom is 0.343 e. The van der Waals surface area contributed by atoms with Crippen molar-refractivity contribution in [2.24, 2.45) is 5.10 Å². The van der Waals surface area contributed by atoms with Gasteiger partial charge in [0.05, 0.1) is 17.3 Å². The summed E-state index contributed by atoms with van der Waals surface area (Å²) in [7, 11) is 0. The number of carbonyl (C=O) groups is 2. The number of hydrogen-bond donors (Lipinski definition) is 0. The fourth-order valence-electron chi connectivity index (χ4n) is 4.15. The fraction of sp³-hybridized carbons (Fsp3) is 0.0645. The van der Waals surface area contributed by atoms with Gasteiger partial charge in [-0.1, -0.05) is 91.0 Å². The molecule has 0 radical (unpaired) electrons. The standard InChI is InChI=1S/C31H24N2O3/c34-30(21-20-23-12-4-1-5-13-23)33-28(24-14-6-2-7-15-24)22-27(32-33)26-18-10-11-19-29(26)36-31(35)25-16-8-3-9-17-25/h1-21,28H,22H2/b21-20+/t28-/m1/s1. The highest BCUT2D eigenvalue weighted by molar-refractivity contribution is 6.07. The lowest BCUT2D eigenvalue weighted by Gasteiger charge is -2.20.